The van der Waals surface area contributed by atoms with Gasteiger partial charge in [0.05, 0.1) is 18.5 Å². The van der Waals surface area contributed by atoms with Crippen molar-refractivity contribution in [1.29, 1.82) is 0 Å². The Bertz CT molecular complexity index is 1100. The van der Waals surface area contributed by atoms with Crippen molar-refractivity contribution >= 4 is 45.2 Å². The van der Waals surface area contributed by atoms with Crippen LogP contribution >= 0.6 is 23.1 Å². The zero-order valence-corrected chi connectivity index (χ0v) is 16.7. The van der Waals surface area contributed by atoms with Gasteiger partial charge in [-0.25, -0.2) is 14.5 Å². The first kappa shape index (κ1) is 17.8. The van der Waals surface area contributed by atoms with Gasteiger partial charge in [0.25, 0.3) is 0 Å². The molecule has 0 unspecified atom stereocenters. The molecule has 1 amide bonds. The quantitative estimate of drug-likeness (QED) is 0.394. The molecule has 4 rings (SSSR count). The number of carbonyl (C=O) groups is 1. The van der Waals surface area contributed by atoms with Crippen LogP contribution in [0.5, 0.6) is 0 Å². The van der Waals surface area contributed by atoms with E-state index < -0.39 is 0 Å². The molecule has 0 radical (unpaired) electrons. The topological polar surface area (TPSA) is 61.7 Å². The minimum atomic E-state index is -0.0662. The molecule has 2 aromatic heterocycles. The lowest BCUT2D eigenvalue weighted by Crippen LogP contribution is -2.29. The third-order valence-corrected chi connectivity index (χ3v) is 6.06. The summed E-state index contributed by atoms with van der Waals surface area (Å²) in [4.78, 5) is 20.2. The van der Waals surface area contributed by atoms with E-state index >= 15 is 0 Å². The molecule has 2 N–H and O–H groups in total. The monoisotopic (exact) mass is 395 g/mol. The number of H-pyrrole nitrogens is 1. The zero-order chi connectivity index (χ0) is 18.8. The Morgan fingerprint density at radius 1 is 1.22 bits per heavy atom. The van der Waals surface area contributed by atoms with Crippen molar-refractivity contribution in [3.8, 4) is 11.3 Å². The zero-order valence-electron chi connectivity index (χ0n) is 15.0. The molecule has 0 aliphatic heterocycles. The van der Waals surface area contributed by atoms with E-state index in [-0.39, 0.29) is 5.91 Å². The van der Waals surface area contributed by atoms with Crippen LogP contribution in [0.2, 0.25) is 0 Å². The van der Waals surface area contributed by atoms with Crippen LogP contribution in [0.3, 0.4) is 0 Å². The second kappa shape index (κ2) is 7.54. The van der Waals surface area contributed by atoms with Crippen molar-refractivity contribution in [3.63, 3.8) is 0 Å². The number of benzene rings is 2. The SMILES string of the molecule is Cc1ccc(-c2csc(NC(=O)CSc3[nH]c4ccccc4[n+]3C)n2)cc1. The first-order valence-electron chi connectivity index (χ1n) is 8.52. The molecule has 0 atom stereocenters. The average Bonchev–Trinajstić information content (AvgIpc) is 3.26. The third-order valence-electron chi connectivity index (χ3n) is 4.25. The van der Waals surface area contributed by atoms with Crippen LogP contribution in [0, 0.1) is 6.92 Å². The highest BCUT2D eigenvalue weighted by Gasteiger charge is 2.17. The van der Waals surface area contributed by atoms with Gasteiger partial charge in [0.15, 0.2) is 16.2 Å². The Morgan fingerprint density at radius 3 is 2.78 bits per heavy atom. The van der Waals surface area contributed by atoms with Crippen LogP contribution < -0.4 is 9.88 Å². The summed E-state index contributed by atoms with van der Waals surface area (Å²) in [7, 11) is 1.99. The van der Waals surface area contributed by atoms with Gasteiger partial charge in [0.2, 0.25) is 5.91 Å². The number of nitrogens with one attached hydrogen (secondary N) is 2. The molecule has 136 valence electrons. The number of aromatic amines is 1. The average molecular weight is 396 g/mol. The summed E-state index contributed by atoms with van der Waals surface area (Å²) in [6.45, 7) is 2.06. The van der Waals surface area contributed by atoms with Crippen LogP contribution in [0.15, 0.2) is 59.1 Å². The largest absolute Gasteiger partial charge is 0.317 e. The van der Waals surface area contributed by atoms with Gasteiger partial charge in [0.1, 0.15) is 0 Å². The second-order valence-corrected chi connectivity index (χ2v) is 8.07. The predicted molar refractivity (Wildman–Crippen MR) is 111 cm³/mol. The molecule has 27 heavy (non-hydrogen) atoms. The Hall–Kier alpha value is -2.64. The Labute approximate surface area is 165 Å². The van der Waals surface area contributed by atoms with Crippen molar-refractivity contribution in [2.45, 2.75) is 12.1 Å². The number of anilines is 1. The summed E-state index contributed by atoms with van der Waals surface area (Å²) in [5.41, 5.74) is 5.32. The number of rotatable bonds is 5. The summed E-state index contributed by atoms with van der Waals surface area (Å²) in [5, 5.41) is 6.43. The molecular weight excluding hydrogens is 376 g/mol. The number of aryl methyl sites for hydroxylation is 2. The van der Waals surface area contributed by atoms with Crippen LogP contribution in [-0.4, -0.2) is 21.6 Å². The molecule has 0 bridgehead atoms. The van der Waals surface area contributed by atoms with Gasteiger partial charge in [-0.1, -0.05) is 42.0 Å². The maximum absolute atomic E-state index is 12.3. The number of nitrogens with zero attached hydrogens (tertiary/aromatic N) is 2. The second-order valence-electron chi connectivity index (χ2n) is 6.25. The number of carbonyl (C=O) groups excluding carboxylic acids is 1. The van der Waals surface area contributed by atoms with Crippen LogP contribution in [0.4, 0.5) is 5.13 Å². The Morgan fingerprint density at radius 2 is 2.00 bits per heavy atom. The van der Waals surface area contributed by atoms with E-state index in [4.69, 9.17) is 0 Å². The fourth-order valence-corrected chi connectivity index (χ4v) is 4.34. The number of aromatic nitrogens is 3. The predicted octanol–water partition coefficient (Wildman–Crippen LogP) is 4.16. The lowest BCUT2D eigenvalue weighted by Gasteiger charge is -2.00. The van der Waals surface area contributed by atoms with Crippen LogP contribution in [0.1, 0.15) is 5.56 Å². The molecule has 0 saturated heterocycles. The summed E-state index contributed by atoms with van der Waals surface area (Å²) in [6, 6.07) is 16.3. The van der Waals surface area contributed by atoms with E-state index in [1.54, 1.807) is 0 Å². The Kier molecular flexibility index (Phi) is 4.96. The van der Waals surface area contributed by atoms with Gasteiger partial charge in [-0.3, -0.25) is 4.79 Å². The molecule has 7 heteroatoms. The number of hydrogen-bond acceptors (Lipinski definition) is 4. The van der Waals surface area contributed by atoms with Crippen molar-refractivity contribution in [1.82, 2.24) is 9.97 Å². The fraction of sp³-hybridized carbons (Fsp3) is 0.150. The van der Waals surface area contributed by atoms with Gasteiger partial charge in [-0.2, -0.15) is 0 Å². The third kappa shape index (κ3) is 3.89. The minimum absolute atomic E-state index is 0.0662. The van der Waals surface area contributed by atoms with E-state index in [2.05, 4.69) is 45.0 Å². The summed E-state index contributed by atoms with van der Waals surface area (Å²) in [5.74, 6) is 0.253. The lowest BCUT2D eigenvalue weighted by atomic mass is 10.1. The van der Waals surface area contributed by atoms with E-state index in [1.807, 2.05) is 42.8 Å². The summed E-state index contributed by atoms with van der Waals surface area (Å²) in [6.07, 6.45) is 0. The molecular formula is C20H19N4OS2+. The van der Waals surface area contributed by atoms with Gasteiger partial charge in [0, 0.05) is 10.9 Å². The van der Waals surface area contributed by atoms with Gasteiger partial charge < -0.3 is 5.32 Å². The number of thiazole rings is 1. The van der Waals surface area contributed by atoms with E-state index in [0.717, 1.165) is 27.4 Å². The lowest BCUT2D eigenvalue weighted by molar-refractivity contribution is -0.683. The van der Waals surface area contributed by atoms with E-state index in [9.17, 15) is 4.79 Å². The number of thioether (sulfide) groups is 1. The highest BCUT2D eigenvalue weighted by Crippen LogP contribution is 2.25. The minimum Gasteiger partial charge on any atom is -0.301 e. The highest BCUT2D eigenvalue weighted by atomic mass is 32.2. The number of amides is 1. The smallest absolute Gasteiger partial charge is 0.301 e. The van der Waals surface area contributed by atoms with Crippen molar-refractivity contribution in [3.05, 3.63) is 59.5 Å². The molecule has 0 aliphatic carbocycles. The molecule has 0 aliphatic rings. The number of fused-ring (bicyclic) bond motifs is 1. The molecule has 2 aromatic carbocycles. The number of para-hydroxylation sites is 2. The molecule has 4 aromatic rings. The van der Waals surface area contributed by atoms with Crippen LogP contribution in [0.25, 0.3) is 22.3 Å². The maximum Gasteiger partial charge on any atom is 0.317 e. The van der Waals surface area contributed by atoms with Crippen LogP contribution in [-0.2, 0) is 11.8 Å². The van der Waals surface area contributed by atoms with Crippen molar-refractivity contribution < 1.29 is 9.36 Å². The fourth-order valence-electron chi connectivity index (χ4n) is 2.79. The molecule has 0 saturated carbocycles. The molecule has 0 spiro atoms. The molecule has 0 fully saturated rings. The summed E-state index contributed by atoms with van der Waals surface area (Å²) < 4.78 is 2.06. The van der Waals surface area contributed by atoms with E-state index in [1.165, 1.54) is 28.7 Å². The Balaban J connectivity index is 1.39. The first-order chi connectivity index (χ1) is 13.1. The van der Waals surface area contributed by atoms with Crippen molar-refractivity contribution in [2.75, 3.05) is 11.1 Å². The highest BCUT2D eigenvalue weighted by molar-refractivity contribution is 7.99. The van der Waals surface area contributed by atoms with Gasteiger partial charge >= 0.3 is 5.16 Å². The first-order valence-corrected chi connectivity index (χ1v) is 10.4. The summed E-state index contributed by atoms with van der Waals surface area (Å²) >= 11 is 2.92. The molecule has 2 heterocycles. The number of hydrogen-bond donors (Lipinski definition) is 2. The van der Waals surface area contributed by atoms with E-state index in [0.29, 0.717) is 10.9 Å². The normalized spacial score (nSPS) is 11.0. The maximum atomic E-state index is 12.3. The van der Waals surface area contributed by atoms with Crippen molar-refractivity contribution in [2.24, 2.45) is 7.05 Å². The van der Waals surface area contributed by atoms with Gasteiger partial charge in [-0.15, -0.1) is 11.3 Å². The molecule has 5 nitrogen and oxygen atoms in total. The standard InChI is InChI=1S/C20H18N4OS2/c1-13-7-9-14(10-8-13)16-11-26-19(21-16)23-18(25)12-27-20-22-15-5-3-4-6-17(15)24(20)2/h3-11H,12H2,1-2H3,(H,21,23,25)/p+1. The van der Waals surface area contributed by atoms with Gasteiger partial charge in [-0.05, 0) is 30.8 Å². The number of imidazole rings is 1.